The van der Waals surface area contributed by atoms with Crippen LogP contribution in [0.25, 0.3) is 11.3 Å². The Hall–Kier alpha value is -2.41. The van der Waals surface area contributed by atoms with Gasteiger partial charge in [-0.2, -0.15) is 0 Å². The van der Waals surface area contributed by atoms with Gasteiger partial charge in [0.05, 0.1) is 6.61 Å². The van der Waals surface area contributed by atoms with Gasteiger partial charge in [0.25, 0.3) is 5.91 Å². The fourth-order valence-corrected chi connectivity index (χ4v) is 1.49. The van der Waals surface area contributed by atoms with Crippen molar-refractivity contribution >= 4 is 5.91 Å². The van der Waals surface area contributed by atoms with E-state index in [1.165, 1.54) is 0 Å². The number of hydrogen-bond acceptors (Lipinski definition) is 6. The SMILES string of the molecule is CC(C)CONC(=O)c1nnnnc1-c1ccccc1. The Morgan fingerprint density at radius 1 is 1.20 bits per heavy atom. The maximum atomic E-state index is 12.0. The van der Waals surface area contributed by atoms with Gasteiger partial charge in [0.15, 0.2) is 5.69 Å². The number of hydrogen-bond donors (Lipinski definition) is 1. The lowest BCUT2D eigenvalue weighted by Crippen LogP contribution is -2.27. The van der Waals surface area contributed by atoms with E-state index in [2.05, 4.69) is 26.1 Å². The largest absolute Gasteiger partial charge is 0.297 e. The summed E-state index contributed by atoms with van der Waals surface area (Å²) in [6.45, 7) is 4.38. The van der Waals surface area contributed by atoms with Crippen LogP contribution in [0.3, 0.4) is 0 Å². The van der Waals surface area contributed by atoms with Gasteiger partial charge in [0.1, 0.15) is 5.69 Å². The predicted octanol–water partition coefficient (Wildman–Crippen LogP) is 1.25. The first kappa shape index (κ1) is 14.0. The standard InChI is InChI=1S/C13H15N5O2/c1-9(2)8-20-16-13(19)12-11(14-17-18-15-12)10-6-4-3-5-7-10/h3-7,9H,8H2,1-2H3,(H,16,19). The molecule has 7 heteroatoms. The number of benzene rings is 1. The van der Waals surface area contributed by atoms with E-state index in [9.17, 15) is 4.79 Å². The van der Waals surface area contributed by atoms with Crippen LogP contribution in [0.15, 0.2) is 30.3 Å². The lowest BCUT2D eigenvalue weighted by molar-refractivity contribution is 0.0204. The Morgan fingerprint density at radius 2 is 1.90 bits per heavy atom. The van der Waals surface area contributed by atoms with Gasteiger partial charge in [-0.1, -0.05) is 44.2 Å². The smallest absolute Gasteiger partial charge is 0.273 e. The fourth-order valence-electron chi connectivity index (χ4n) is 1.49. The highest BCUT2D eigenvalue weighted by atomic mass is 16.6. The minimum absolute atomic E-state index is 0.0787. The van der Waals surface area contributed by atoms with Crippen molar-refractivity contribution in [3.8, 4) is 11.3 Å². The Bertz CT molecular complexity index is 574. The van der Waals surface area contributed by atoms with Gasteiger partial charge in [-0.15, -0.1) is 10.2 Å². The van der Waals surface area contributed by atoms with E-state index in [-0.39, 0.29) is 5.69 Å². The molecule has 0 spiro atoms. The minimum Gasteiger partial charge on any atom is -0.273 e. The number of aromatic nitrogens is 4. The van der Waals surface area contributed by atoms with Crippen LogP contribution < -0.4 is 5.48 Å². The molecular weight excluding hydrogens is 258 g/mol. The molecule has 20 heavy (non-hydrogen) atoms. The Balaban J connectivity index is 2.18. The first-order chi connectivity index (χ1) is 9.68. The van der Waals surface area contributed by atoms with E-state index in [1.54, 1.807) is 0 Å². The number of amides is 1. The van der Waals surface area contributed by atoms with Crippen LogP contribution in [-0.2, 0) is 4.84 Å². The third kappa shape index (κ3) is 3.55. The molecule has 2 aromatic rings. The lowest BCUT2D eigenvalue weighted by Gasteiger charge is -2.08. The van der Waals surface area contributed by atoms with Crippen LogP contribution in [0.5, 0.6) is 0 Å². The van der Waals surface area contributed by atoms with Gasteiger partial charge in [0, 0.05) is 5.56 Å². The Kier molecular flexibility index (Phi) is 4.67. The van der Waals surface area contributed by atoms with Crippen LogP contribution in [0.2, 0.25) is 0 Å². The topological polar surface area (TPSA) is 89.9 Å². The zero-order chi connectivity index (χ0) is 14.4. The maximum Gasteiger partial charge on any atom is 0.297 e. The molecule has 0 aliphatic heterocycles. The highest BCUT2D eigenvalue weighted by molar-refractivity contribution is 5.97. The number of carbonyl (C=O) groups excluding carboxylic acids is 1. The van der Waals surface area contributed by atoms with Crippen molar-refractivity contribution < 1.29 is 9.63 Å². The highest BCUT2D eigenvalue weighted by Crippen LogP contribution is 2.17. The molecule has 0 saturated carbocycles. The fraction of sp³-hybridized carbons (Fsp3) is 0.308. The molecule has 0 fully saturated rings. The van der Waals surface area contributed by atoms with Crippen molar-refractivity contribution in [1.82, 2.24) is 26.1 Å². The molecule has 0 atom stereocenters. The summed E-state index contributed by atoms with van der Waals surface area (Å²) >= 11 is 0. The second-order valence-electron chi connectivity index (χ2n) is 4.58. The highest BCUT2D eigenvalue weighted by Gasteiger charge is 2.17. The molecule has 2 rings (SSSR count). The number of rotatable bonds is 5. The van der Waals surface area contributed by atoms with Gasteiger partial charge in [0.2, 0.25) is 0 Å². The second kappa shape index (κ2) is 6.67. The van der Waals surface area contributed by atoms with Gasteiger partial charge in [-0.25, -0.2) is 5.48 Å². The third-order valence-electron chi connectivity index (χ3n) is 2.40. The summed E-state index contributed by atoms with van der Waals surface area (Å²) in [7, 11) is 0. The summed E-state index contributed by atoms with van der Waals surface area (Å²) in [6, 6.07) is 9.19. The van der Waals surface area contributed by atoms with Crippen LogP contribution in [-0.4, -0.2) is 33.1 Å². The zero-order valence-electron chi connectivity index (χ0n) is 11.3. The average Bonchev–Trinajstić information content (AvgIpc) is 2.47. The van der Waals surface area contributed by atoms with Crippen LogP contribution in [0.1, 0.15) is 24.3 Å². The van der Waals surface area contributed by atoms with Gasteiger partial charge in [-0.3, -0.25) is 9.63 Å². The monoisotopic (exact) mass is 273 g/mol. The van der Waals surface area contributed by atoms with E-state index < -0.39 is 5.91 Å². The molecule has 0 bridgehead atoms. The first-order valence-electron chi connectivity index (χ1n) is 6.22. The molecule has 0 aliphatic carbocycles. The Labute approximate surface area is 116 Å². The van der Waals surface area contributed by atoms with E-state index in [0.717, 1.165) is 5.56 Å². The molecule has 1 heterocycles. The van der Waals surface area contributed by atoms with E-state index in [0.29, 0.717) is 18.2 Å². The van der Waals surface area contributed by atoms with Crippen LogP contribution >= 0.6 is 0 Å². The molecule has 7 nitrogen and oxygen atoms in total. The molecule has 0 radical (unpaired) electrons. The van der Waals surface area contributed by atoms with Gasteiger partial charge in [-0.05, 0) is 16.3 Å². The van der Waals surface area contributed by atoms with Crippen molar-refractivity contribution in [2.75, 3.05) is 6.61 Å². The van der Waals surface area contributed by atoms with E-state index in [4.69, 9.17) is 4.84 Å². The van der Waals surface area contributed by atoms with Crippen LogP contribution in [0.4, 0.5) is 0 Å². The van der Waals surface area contributed by atoms with Crippen molar-refractivity contribution in [2.45, 2.75) is 13.8 Å². The minimum atomic E-state index is -0.494. The zero-order valence-corrected chi connectivity index (χ0v) is 11.3. The molecule has 104 valence electrons. The van der Waals surface area contributed by atoms with Gasteiger partial charge < -0.3 is 0 Å². The summed E-state index contributed by atoms with van der Waals surface area (Å²) < 4.78 is 0. The number of carbonyl (C=O) groups is 1. The summed E-state index contributed by atoms with van der Waals surface area (Å²) in [5, 5.41) is 14.5. The summed E-state index contributed by atoms with van der Waals surface area (Å²) in [5.41, 5.74) is 3.52. The third-order valence-corrected chi connectivity index (χ3v) is 2.40. The van der Waals surface area contributed by atoms with E-state index >= 15 is 0 Å². The number of nitrogens with zero attached hydrogens (tertiary/aromatic N) is 4. The van der Waals surface area contributed by atoms with Crippen molar-refractivity contribution in [3.05, 3.63) is 36.0 Å². The lowest BCUT2D eigenvalue weighted by atomic mass is 10.1. The molecule has 1 amide bonds. The average molecular weight is 273 g/mol. The normalized spacial score (nSPS) is 10.6. The summed E-state index contributed by atoms with van der Waals surface area (Å²) in [6.07, 6.45) is 0. The van der Waals surface area contributed by atoms with Gasteiger partial charge >= 0.3 is 0 Å². The van der Waals surface area contributed by atoms with Crippen molar-refractivity contribution in [3.63, 3.8) is 0 Å². The molecule has 1 aromatic carbocycles. The number of nitrogens with one attached hydrogen (secondary N) is 1. The Morgan fingerprint density at radius 3 is 2.60 bits per heavy atom. The predicted molar refractivity (Wildman–Crippen MR) is 71.3 cm³/mol. The van der Waals surface area contributed by atoms with E-state index in [1.807, 2.05) is 44.2 Å². The first-order valence-corrected chi connectivity index (χ1v) is 6.22. The summed E-state index contributed by atoms with van der Waals surface area (Å²) in [5.74, 6) is -0.183. The molecular formula is C13H15N5O2. The molecule has 0 unspecified atom stereocenters. The molecule has 1 N–H and O–H groups in total. The van der Waals surface area contributed by atoms with Crippen molar-refractivity contribution in [1.29, 1.82) is 0 Å². The second-order valence-corrected chi connectivity index (χ2v) is 4.58. The maximum absolute atomic E-state index is 12.0. The van der Waals surface area contributed by atoms with Crippen LogP contribution in [0, 0.1) is 5.92 Å². The van der Waals surface area contributed by atoms with Crippen molar-refractivity contribution in [2.24, 2.45) is 5.92 Å². The molecule has 0 aliphatic rings. The summed E-state index contributed by atoms with van der Waals surface area (Å²) in [4.78, 5) is 17.1. The quantitative estimate of drug-likeness (QED) is 0.825. The molecule has 0 saturated heterocycles. The number of hydroxylamine groups is 1. The molecule has 1 aromatic heterocycles.